The van der Waals surface area contributed by atoms with Crippen LogP contribution in [0.3, 0.4) is 0 Å². The molecule has 0 fully saturated rings. The molecule has 0 saturated heterocycles. The van der Waals surface area contributed by atoms with Crippen molar-refractivity contribution in [2.45, 2.75) is 0 Å². The monoisotopic (exact) mass is 628 g/mol. The lowest BCUT2D eigenvalue weighted by molar-refractivity contribution is 1.41. The summed E-state index contributed by atoms with van der Waals surface area (Å²) < 4.78 is 0. The first-order valence-electron chi connectivity index (χ1n) is 16.2. The molecule has 1 aromatic heterocycles. The number of para-hydroxylation sites is 1. The van der Waals surface area contributed by atoms with Crippen LogP contribution in [-0.4, -0.2) is 16.4 Å². The molecule has 9 rings (SSSR count). The Hall–Kier alpha value is -6.65. The van der Waals surface area contributed by atoms with Crippen molar-refractivity contribution in [3.8, 4) is 22.3 Å². The van der Waals surface area contributed by atoms with Gasteiger partial charge in [0.25, 0.3) is 0 Å². The van der Waals surface area contributed by atoms with E-state index < -0.39 is 0 Å². The van der Waals surface area contributed by atoms with Crippen LogP contribution >= 0.6 is 0 Å². The molecule has 7 aromatic carbocycles. The molecular weight excluding hydrogens is 597 g/mol. The first-order valence-corrected chi connectivity index (χ1v) is 16.2. The Labute approximate surface area is 284 Å². The van der Waals surface area contributed by atoms with Crippen LogP contribution in [0.15, 0.2) is 170 Å². The van der Waals surface area contributed by atoms with E-state index in [0.717, 1.165) is 49.6 Å². The molecule has 0 bridgehead atoms. The third-order valence-corrected chi connectivity index (χ3v) is 9.13. The summed E-state index contributed by atoms with van der Waals surface area (Å²) in [5, 5.41) is 24.5. The highest BCUT2D eigenvalue weighted by atomic mass is 14.6. The van der Waals surface area contributed by atoms with Gasteiger partial charge in [0.15, 0.2) is 0 Å². The maximum atomic E-state index is 8.21. The molecule has 1 aliphatic rings. The highest BCUT2D eigenvalue weighted by Crippen LogP contribution is 2.44. The summed E-state index contributed by atoms with van der Waals surface area (Å²) in [4.78, 5) is 4.45. The topological polar surface area (TPSA) is 86.6 Å². The Bertz CT molecular complexity index is 2580. The molecule has 0 radical (unpaired) electrons. The van der Waals surface area contributed by atoms with Crippen LogP contribution in [0.1, 0.15) is 5.56 Å². The first-order chi connectivity index (χ1) is 24.0. The third-order valence-electron chi connectivity index (χ3n) is 9.13. The van der Waals surface area contributed by atoms with Crippen molar-refractivity contribution >= 4 is 65.9 Å². The van der Waals surface area contributed by atoms with Crippen LogP contribution in [0.25, 0.3) is 71.0 Å². The van der Waals surface area contributed by atoms with Crippen molar-refractivity contribution in [3.63, 3.8) is 0 Å². The molecule has 8 aromatic rings. The minimum absolute atomic E-state index is 0.244. The summed E-state index contributed by atoms with van der Waals surface area (Å²) in [6, 6.07) is 50.2. The number of allylic oxidation sites excluding steroid dienone is 4. The summed E-state index contributed by atoms with van der Waals surface area (Å²) >= 11 is 0. The summed E-state index contributed by atoms with van der Waals surface area (Å²) in [6.45, 7) is 0. The van der Waals surface area contributed by atoms with Gasteiger partial charge in [0.1, 0.15) is 0 Å². The van der Waals surface area contributed by atoms with Crippen molar-refractivity contribution in [2.75, 3.05) is 5.73 Å². The number of nitrogens with one attached hydrogen (secondary N) is 2. The molecule has 0 aliphatic heterocycles. The van der Waals surface area contributed by atoms with Gasteiger partial charge < -0.3 is 5.73 Å². The number of aromatic nitrogens is 1. The Morgan fingerprint density at radius 1 is 0.469 bits per heavy atom. The predicted octanol–water partition coefficient (Wildman–Crippen LogP) is 11.3. The van der Waals surface area contributed by atoms with Gasteiger partial charge in [-0.2, -0.15) is 0 Å². The second kappa shape index (κ2) is 12.5. The zero-order chi connectivity index (χ0) is 33.3. The van der Waals surface area contributed by atoms with E-state index in [0.29, 0.717) is 0 Å². The van der Waals surface area contributed by atoms with Crippen molar-refractivity contribution in [1.29, 1.82) is 10.8 Å². The number of benzene rings is 7. The van der Waals surface area contributed by atoms with Crippen molar-refractivity contribution in [1.82, 2.24) is 4.98 Å². The number of anilines is 1. The number of nitrogen functional groups attached to an aromatic ring is 1. The number of hydrogen-bond donors (Lipinski definition) is 3. The minimum Gasteiger partial charge on any atom is -0.399 e. The molecule has 4 nitrogen and oxygen atoms in total. The zero-order valence-electron chi connectivity index (χ0n) is 26.7. The molecular formula is C45H32N4. The Morgan fingerprint density at radius 3 is 1.71 bits per heavy atom. The highest BCUT2D eigenvalue weighted by Gasteiger charge is 2.19. The molecule has 4 N–H and O–H groups in total. The van der Waals surface area contributed by atoms with E-state index in [1.165, 1.54) is 32.7 Å². The molecule has 0 spiro atoms. The molecule has 0 unspecified atom stereocenters. The third kappa shape index (κ3) is 5.56. The maximum absolute atomic E-state index is 8.21. The van der Waals surface area contributed by atoms with E-state index in [1.807, 2.05) is 60.8 Å². The number of fused-ring (bicyclic) bond motifs is 4. The summed E-state index contributed by atoms with van der Waals surface area (Å²) in [5.41, 5.74) is 14.8. The van der Waals surface area contributed by atoms with Crippen LogP contribution in [0.2, 0.25) is 0 Å². The number of nitrogens with two attached hydrogens (primary N) is 1. The second-order valence-electron chi connectivity index (χ2n) is 12.2. The van der Waals surface area contributed by atoms with Crippen LogP contribution in [-0.2, 0) is 0 Å². The van der Waals surface area contributed by atoms with Crippen LogP contribution in [0.4, 0.5) is 5.69 Å². The summed E-state index contributed by atoms with van der Waals surface area (Å²) in [6.07, 6.45) is 7.40. The number of pyridine rings is 1. The fourth-order valence-electron chi connectivity index (χ4n) is 6.78. The van der Waals surface area contributed by atoms with Gasteiger partial charge >= 0.3 is 0 Å². The van der Waals surface area contributed by atoms with Gasteiger partial charge in [-0.05, 0) is 96.6 Å². The Balaban J connectivity index is 0.000000172. The van der Waals surface area contributed by atoms with Crippen molar-refractivity contribution in [2.24, 2.45) is 0 Å². The van der Waals surface area contributed by atoms with Gasteiger partial charge in [-0.15, -0.1) is 0 Å². The van der Waals surface area contributed by atoms with Gasteiger partial charge in [-0.25, -0.2) is 0 Å². The Morgan fingerprint density at radius 2 is 1.04 bits per heavy atom. The molecule has 1 heterocycles. The van der Waals surface area contributed by atoms with E-state index >= 15 is 0 Å². The summed E-state index contributed by atoms with van der Waals surface area (Å²) in [5.74, 6) is 0. The van der Waals surface area contributed by atoms with E-state index in [4.69, 9.17) is 16.6 Å². The molecule has 1 aliphatic carbocycles. The van der Waals surface area contributed by atoms with Crippen molar-refractivity contribution in [3.05, 3.63) is 176 Å². The lowest BCUT2D eigenvalue weighted by Crippen LogP contribution is -2.10. The Kier molecular flexibility index (Phi) is 7.59. The van der Waals surface area contributed by atoms with Crippen LogP contribution < -0.4 is 5.73 Å². The second-order valence-corrected chi connectivity index (χ2v) is 12.2. The standard InChI is InChI=1S/C30H20N2.C15H12N2/c31-27-17-16-20(18-28(27)32)29-23-11-3-5-13-25(23)30(26-14-6-4-12-24(26)29)22-15-7-9-19-8-1-2-10-21(19)22;16-14-7-5-11(6-8-14)13-9-12-3-1-2-4-15(12)17-10-13/h1-18,31-32H;1-10H,16H2. The molecule has 0 amide bonds. The molecule has 49 heavy (non-hydrogen) atoms. The minimum atomic E-state index is 0.244. The lowest BCUT2D eigenvalue weighted by Gasteiger charge is -2.20. The van der Waals surface area contributed by atoms with E-state index in [2.05, 4.69) is 108 Å². The summed E-state index contributed by atoms with van der Waals surface area (Å²) in [7, 11) is 0. The molecule has 0 saturated carbocycles. The van der Waals surface area contributed by atoms with Crippen molar-refractivity contribution < 1.29 is 0 Å². The van der Waals surface area contributed by atoms with Gasteiger partial charge in [0.2, 0.25) is 0 Å². The number of hydrogen-bond acceptors (Lipinski definition) is 4. The van der Waals surface area contributed by atoms with Gasteiger partial charge in [0.05, 0.1) is 16.9 Å². The normalized spacial score (nSPS) is 12.7. The lowest BCUT2D eigenvalue weighted by atomic mass is 9.83. The number of rotatable bonds is 3. The molecule has 232 valence electrons. The zero-order valence-corrected chi connectivity index (χ0v) is 26.7. The molecule has 0 atom stereocenters. The average Bonchev–Trinajstić information content (AvgIpc) is 3.15. The maximum Gasteiger partial charge on any atom is 0.0795 e. The van der Waals surface area contributed by atoms with Gasteiger partial charge in [0, 0.05) is 22.8 Å². The average molecular weight is 629 g/mol. The quantitative estimate of drug-likeness (QED) is 0.103. The fraction of sp³-hybridized carbons (Fsp3) is 0. The smallest absolute Gasteiger partial charge is 0.0795 e. The van der Waals surface area contributed by atoms with E-state index in [-0.39, 0.29) is 11.4 Å². The van der Waals surface area contributed by atoms with E-state index in [9.17, 15) is 0 Å². The largest absolute Gasteiger partial charge is 0.399 e. The first kappa shape index (κ1) is 29.7. The number of nitrogens with zero attached hydrogens (tertiary/aromatic N) is 1. The highest BCUT2D eigenvalue weighted by molar-refractivity contribution is 6.50. The van der Waals surface area contributed by atoms with Gasteiger partial charge in [-0.3, -0.25) is 15.8 Å². The van der Waals surface area contributed by atoms with Gasteiger partial charge in [-0.1, -0.05) is 127 Å². The SMILES string of the molecule is N=C1C=CC(c2c3ccccc3c(-c3cccc4ccccc34)c3ccccc23)=CC1=N.Nc1ccc(-c2cnc3ccccc3c2)cc1. The predicted molar refractivity (Wildman–Crippen MR) is 209 cm³/mol. The van der Waals surface area contributed by atoms with Crippen LogP contribution in [0, 0.1) is 10.8 Å². The van der Waals surface area contributed by atoms with E-state index in [1.54, 1.807) is 6.08 Å². The fourth-order valence-corrected chi connectivity index (χ4v) is 6.78. The van der Waals surface area contributed by atoms with Crippen LogP contribution in [0.5, 0.6) is 0 Å². The molecule has 4 heteroatoms.